The van der Waals surface area contributed by atoms with Gasteiger partial charge in [-0.05, 0) is 42.5 Å². The maximum absolute atomic E-state index is 13.8. The van der Waals surface area contributed by atoms with Gasteiger partial charge in [0.05, 0.1) is 6.61 Å². The summed E-state index contributed by atoms with van der Waals surface area (Å²) in [4.78, 5) is 4.28. The molecule has 0 amide bonds. The first-order valence-electron chi connectivity index (χ1n) is 9.59. The fourth-order valence-corrected chi connectivity index (χ4v) is 3.32. The largest absolute Gasteiger partial charge is 0.467 e. The molecule has 2 N–H and O–H groups in total. The van der Waals surface area contributed by atoms with Crippen molar-refractivity contribution in [3.63, 3.8) is 0 Å². The zero-order chi connectivity index (χ0) is 19.9. The summed E-state index contributed by atoms with van der Waals surface area (Å²) < 4.78 is 24.6. The van der Waals surface area contributed by atoms with Gasteiger partial charge in [-0.3, -0.25) is 4.99 Å². The van der Waals surface area contributed by atoms with Gasteiger partial charge in [0.15, 0.2) is 12.8 Å². The molecule has 150 valence electrons. The predicted octanol–water partition coefficient (Wildman–Crippen LogP) is 3.51. The number of nitrogens with zero attached hydrogens (tertiary/aromatic N) is 1. The van der Waals surface area contributed by atoms with Crippen molar-refractivity contribution in [2.24, 2.45) is 4.99 Å². The Labute approximate surface area is 166 Å². The third kappa shape index (κ3) is 5.23. The van der Waals surface area contributed by atoms with Gasteiger partial charge in [-0.25, -0.2) is 4.39 Å². The molecule has 1 aliphatic heterocycles. The Morgan fingerprint density at radius 1 is 1.25 bits per heavy atom. The minimum Gasteiger partial charge on any atom is -0.467 e. The number of halogens is 1. The molecule has 3 rings (SSSR count). The molecule has 0 fully saturated rings. The molecule has 2 aromatic rings. The van der Waals surface area contributed by atoms with Gasteiger partial charge in [0, 0.05) is 25.7 Å². The highest BCUT2D eigenvalue weighted by Crippen LogP contribution is 2.29. The number of nitrogens with one attached hydrogen (secondary N) is 2. The standard InChI is InChI=1S/C22H28FN3O2/c1-15-5-4-6-17(9-15)16(2)12-26-22(24-3)25-8-7-18-10-20(23)11-19-13-27-14-28-21(18)19/h4-6,9-11,16H,7-8,12-14H2,1-3H3,(H2,24,25,26). The lowest BCUT2D eigenvalue weighted by molar-refractivity contribution is -0.0172. The lowest BCUT2D eigenvalue weighted by Gasteiger charge is -2.21. The molecular formula is C22H28FN3O2. The molecule has 6 heteroatoms. The Morgan fingerprint density at radius 3 is 2.89 bits per heavy atom. The second-order valence-electron chi connectivity index (χ2n) is 7.11. The fraction of sp³-hybridized carbons (Fsp3) is 0.409. The number of hydrogen-bond acceptors (Lipinski definition) is 3. The van der Waals surface area contributed by atoms with Crippen LogP contribution >= 0.6 is 0 Å². The highest BCUT2D eigenvalue weighted by atomic mass is 19.1. The number of fused-ring (bicyclic) bond motifs is 1. The molecule has 0 aromatic heterocycles. The van der Waals surface area contributed by atoms with Crippen molar-refractivity contribution in [1.29, 1.82) is 0 Å². The SMILES string of the molecule is CN=C(NCCc1cc(F)cc2c1OCOC2)NCC(C)c1cccc(C)c1. The first-order valence-corrected chi connectivity index (χ1v) is 9.59. The van der Waals surface area contributed by atoms with Gasteiger partial charge >= 0.3 is 0 Å². The number of ether oxygens (including phenoxy) is 2. The number of rotatable bonds is 6. The monoisotopic (exact) mass is 385 g/mol. The van der Waals surface area contributed by atoms with Gasteiger partial charge in [-0.15, -0.1) is 0 Å². The van der Waals surface area contributed by atoms with Crippen LogP contribution in [-0.2, 0) is 17.8 Å². The molecular weight excluding hydrogens is 357 g/mol. The molecule has 28 heavy (non-hydrogen) atoms. The quantitative estimate of drug-likeness (QED) is 0.590. The summed E-state index contributed by atoms with van der Waals surface area (Å²) in [6.45, 7) is 6.28. The van der Waals surface area contributed by atoms with E-state index in [-0.39, 0.29) is 12.6 Å². The number of aryl methyl sites for hydroxylation is 1. The van der Waals surface area contributed by atoms with Crippen LogP contribution in [0.15, 0.2) is 41.4 Å². The summed E-state index contributed by atoms with van der Waals surface area (Å²) in [5.41, 5.74) is 4.16. The molecule has 1 atom stereocenters. The van der Waals surface area contributed by atoms with Crippen LogP contribution in [0, 0.1) is 12.7 Å². The molecule has 2 aromatic carbocycles. The molecule has 0 saturated heterocycles. The van der Waals surface area contributed by atoms with E-state index in [9.17, 15) is 4.39 Å². The second-order valence-corrected chi connectivity index (χ2v) is 7.11. The predicted molar refractivity (Wildman–Crippen MR) is 109 cm³/mol. The molecule has 0 radical (unpaired) electrons. The average molecular weight is 385 g/mol. The van der Waals surface area contributed by atoms with Crippen molar-refractivity contribution in [3.8, 4) is 5.75 Å². The second kappa shape index (κ2) is 9.55. The van der Waals surface area contributed by atoms with Gasteiger partial charge in [-0.2, -0.15) is 0 Å². The van der Waals surface area contributed by atoms with Crippen LogP contribution in [0.2, 0.25) is 0 Å². The molecule has 0 bridgehead atoms. The van der Waals surface area contributed by atoms with Crippen LogP contribution in [0.25, 0.3) is 0 Å². The number of aliphatic imine (C=N–C) groups is 1. The number of guanidine groups is 1. The summed E-state index contributed by atoms with van der Waals surface area (Å²) in [5, 5.41) is 6.65. The Bertz CT molecular complexity index is 839. The van der Waals surface area contributed by atoms with E-state index in [4.69, 9.17) is 9.47 Å². The minimum absolute atomic E-state index is 0.207. The zero-order valence-electron chi connectivity index (χ0n) is 16.7. The highest BCUT2D eigenvalue weighted by molar-refractivity contribution is 5.79. The van der Waals surface area contributed by atoms with Crippen LogP contribution in [0.3, 0.4) is 0 Å². The third-order valence-corrected chi connectivity index (χ3v) is 4.85. The van der Waals surface area contributed by atoms with Crippen molar-refractivity contribution >= 4 is 5.96 Å². The molecule has 0 saturated carbocycles. The molecule has 1 aliphatic rings. The van der Waals surface area contributed by atoms with E-state index in [1.807, 2.05) is 0 Å². The van der Waals surface area contributed by atoms with Crippen molar-refractivity contribution in [1.82, 2.24) is 10.6 Å². The summed E-state index contributed by atoms with van der Waals surface area (Å²) in [6.07, 6.45) is 0.633. The number of benzene rings is 2. The lowest BCUT2D eigenvalue weighted by Crippen LogP contribution is -2.40. The minimum atomic E-state index is -0.266. The topological polar surface area (TPSA) is 54.9 Å². The molecule has 1 unspecified atom stereocenters. The first-order chi connectivity index (χ1) is 13.6. The maximum Gasteiger partial charge on any atom is 0.191 e. The summed E-state index contributed by atoms with van der Waals surface area (Å²) in [7, 11) is 1.75. The fourth-order valence-electron chi connectivity index (χ4n) is 3.32. The van der Waals surface area contributed by atoms with Crippen molar-refractivity contribution in [2.45, 2.75) is 32.8 Å². The highest BCUT2D eigenvalue weighted by Gasteiger charge is 2.17. The normalized spacial score (nSPS) is 14.8. The molecule has 0 spiro atoms. The van der Waals surface area contributed by atoms with Crippen LogP contribution in [0.5, 0.6) is 5.75 Å². The van der Waals surface area contributed by atoms with Gasteiger partial charge in [-0.1, -0.05) is 36.8 Å². The Balaban J connectivity index is 1.52. The zero-order valence-corrected chi connectivity index (χ0v) is 16.7. The van der Waals surface area contributed by atoms with E-state index >= 15 is 0 Å². The van der Waals surface area contributed by atoms with E-state index in [2.05, 4.69) is 53.7 Å². The Hall–Kier alpha value is -2.60. The van der Waals surface area contributed by atoms with Gasteiger partial charge in [0.2, 0.25) is 0 Å². The van der Waals surface area contributed by atoms with Crippen LogP contribution in [-0.4, -0.2) is 32.9 Å². The van der Waals surface area contributed by atoms with E-state index in [1.54, 1.807) is 7.05 Å². The van der Waals surface area contributed by atoms with Crippen molar-refractivity contribution in [2.75, 3.05) is 26.9 Å². The van der Waals surface area contributed by atoms with E-state index < -0.39 is 0 Å². The van der Waals surface area contributed by atoms with E-state index in [1.165, 1.54) is 23.3 Å². The van der Waals surface area contributed by atoms with Crippen LogP contribution in [0.4, 0.5) is 4.39 Å². The van der Waals surface area contributed by atoms with Gasteiger partial charge < -0.3 is 20.1 Å². The third-order valence-electron chi connectivity index (χ3n) is 4.85. The Morgan fingerprint density at radius 2 is 2.11 bits per heavy atom. The van der Waals surface area contributed by atoms with Gasteiger partial charge in [0.25, 0.3) is 0 Å². The van der Waals surface area contributed by atoms with Crippen molar-refractivity contribution < 1.29 is 13.9 Å². The smallest absolute Gasteiger partial charge is 0.191 e. The Kier molecular flexibility index (Phi) is 6.87. The summed E-state index contributed by atoms with van der Waals surface area (Å²) in [6, 6.07) is 11.5. The van der Waals surface area contributed by atoms with Gasteiger partial charge in [0.1, 0.15) is 11.6 Å². The van der Waals surface area contributed by atoms with E-state index in [0.717, 1.165) is 29.4 Å². The summed E-state index contributed by atoms with van der Waals surface area (Å²) >= 11 is 0. The summed E-state index contributed by atoms with van der Waals surface area (Å²) in [5.74, 6) is 1.57. The molecule has 0 aliphatic carbocycles. The lowest BCUT2D eigenvalue weighted by atomic mass is 9.99. The maximum atomic E-state index is 13.8. The van der Waals surface area contributed by atoms with Crippen LogP contribution in [0.1, 0.15) is 35.1 Å². The van der Waals surface area contributed by atoms with Crippen molar-refractivity contribution in [3.05, 3.63) is 64.5 Å². The van der Waals surface area contributed by atoms with Crippen LogP contribution < -0.4 is 15.4 Å². The average Bonchev–Trinajstić information content (AvgIpc) is 2.70. The van der Waals surface area contributed by atoms with E-state index in [0.29, 0.717) is 25.5 Å². The molecule has 1 heterocycles. The number of hydrogen-bond donors (Lipinski definition) is 2. The molecule has 5 nitrogen and oxygen atoms in total. The first kappa shape index (κ1) is 20.1.